The maximum Gasteiger partial charge on any atom is 0.311 e. The number of nitrogens with one attached hydrogen (secondary N) is 1. The maximum atomic E-state index is 12.4. The first-order chi connectivity index (χ1) is 12.0. The molecule has 0 saturated carbocycles. The second-order valence-corrected chi connectivity index (χ2v) is 7.53. The van der Waals surface area contributed by atoms with Crippen LogP contribution in [0, 0.1) is 0 Å². The number of carbonyl (C=O) groups excluding carboxylic acids is 1. The molecule has 0 radical (unpaired) electrons. The highest BCUT2D eigenvalue weighted by molar-refractivity contribution is 8.00. The van der Waals surface area contributed by atoms with Gasteiger partial charge in [0.05, 0.1) is 5.25 Å². The molecule has 2 aromatic heterocycles. The number of aromatic nitrogens is 3. The Morgan fingerprint density at radius 3 is 2.80 bits per heavy atom. The molecule has 25 heavy (non-hydrogen) atoms. The fourth-order valence-electron chi connectivity index (χ4n) is 2.57. The molecule has 138 valence electrons. The third kappa shape index (κ3) is 3.94. The van der Waals surface area contributed by atoms with Gasteiger partial charge in [0.2, 0.25) is 5.95 Å². The molecule has 1 saturated heterocycles. The number of aromatic amines is 1. The topological polar surface area (TPSA) is 140 Å². The summed E-state index contributed by atoms with van der Waals surface area (Å²) in [6, 6.07) is 0. The first-order valence-electron chi connectivity index (χ1n) is 7.65. The van der Waals surface area contributed by atoms with Crippen molar-refractivity contribution in [2.45, 2.75) is 43.1 Å². The van der Waals surface area contributed by atoms with E-state index in [2.05, 4.69) is 9.97 Å². The van der Waals surface area contributed by atoms with Crippen LogP contribution in [0.5, 0.6) is 0 Å². The molecule has 0 aromatic carbocycles. The number of nitrogens with zero attached hydrogens (tertiary/aromatic N) is 2. The van der Waals surface area contributed by atoms with E-state index in [0.29, 0.717) is 0 Å². The van der Waals surface area contributed by atoms with Crippen molar-refractivity contribution in [2.24, 2.45) is 0 Å². The summed E-state index contributed by atoms with van der Waals surface area (Å²) in [6.07, 6.45) is 2.21. The minimum Gasteiger partial charge on any atom is -0.400 e. The Bertz CT molecular complexity index is 846. The van der Waals surface area contributed by atoms with E-state index < -0.39 is 11.8 Å². The molecule has 3 heterocycles. The molecule has 0 spiro atoms. The van der Waals surface area contributed by atoms with Crippen molar-refractivity contribution in [1.82, 2.24) is 14.5 Å². The fraction of sp³-hybridized carbons (Fsp3) is 0.571. The van der Waals surface area contributed by atoms with E-state index >= 15 is 0 Å². The lowest BCUT2D eigenvalue weighted by atomic mass is 10.3. The lowest BCUT2D eigenvalue weighted by molar-refractivity contribution is -0.108. The first kappa shape index (κ1) is 19.6. The van der Waals surface area contributed by atoms with E-state index in [1.54, 1.807) is 0 Å². The predicted molar refractivity (Wildman–Crippen MR) is 97.9 cm³/mol. The van der Waals surface area contributed by atoms with Crippen LogP contribution in [0.15, 0.2) is 9.59 Å². The average Bonchev–Trinajstić information content (AvgIpc) is 3.10. The normalized spacial score (nSPS) is 22.6. The van der Waals surface area contributed by atoms with Crippen LogP contribution in [0.3, 0.4) is 0 Å². The number of thioether (sulfide) groups is 1. The molecule has 4 N–H and O–H groups in total. The van der Waals surface area contributed by atoms with Crippen molar-refractivity contribution in [3.05, 3.63) is 20.0 Å². The minimum absolute atomic E-state index is 0.0586. The van der Waals surface area contributed by atoms with Gasteiger partial charge in [0.15, 0.2) is 11.9 Å². The number of aliphatic hydroxyl groups excluding tert-OH is 1. The summed E-state index contributed by atoms with van der Waals surface area (Å²) < 4.78 is 7.52. The molecule has 0 aliphatic carbocycles. The number of hydrogen-bond acceptors (Lipinski definition) is 9. The monoisotopic (exact) mass is 388 g/mol. The van der Waals surface area contributed by atoms with Gasteiger partial charge in [-0.25, -0.2) is 0 Å². The number of nitrogens with two attached hydrogens (primary N) is 1. The highest BCUT2D eigenvalue weighted by Crippen LogP contribution is 2.42. The average molecular weight is 388 g/mol. The van der Waals surface area contributed by atoms with E-state index in [1.165, 1.54) is 16.3 Å². The Balaban J connectivity index is 0.00000109. The molecule has 2 aromatic rings. The van der Waals surface area contributed by atoms with Crippen LogP contribution in [-0.4, -0.2) is 43.7 Å². The summed E-state index contributed by atoms with van der Waals surface area (Å²) in [5.41, 5.74) is 5.26. The van der Waals surface area contributed by atoms with Gasteiger partial charge in [-0.15, -0.1) is 11.8 Å². The number of H-pyrrole nitrogens is 1. The van der Waals surface area contributed by atoms with E-state index in [0.717, 1.165) is 37.6 Å². The number of aliphatic hydroxyl groups is 1. The van der Waals surface area contributed by atoms with Crippen molar-refractivity contribution in [1.29, 1.82) is 0 Å². The summed E-state index contributed by atoms with van der Waals surface area (Å²) >= 11 is 2.34. The third-order valence-corrected chi connectivity index (χ3v) is 5.90. The third-order valence-electron chi connectivity index (χ3n) is 3.53. The van der Waals surface area contributed by atoms with Crippen LogP contribution in [-0.2, 0) is 9.53 Å². The van der Waals surface area contributed by atoms with Crippen LogP contribution in [0.2, 0.25) is 0 Å². The van der Waals surface area contributed by atoms with Gasteiger partial charge >= 0.3 is 4.87 Å². The van der Waals surface area contributed by atoms with Crippen LogP contribution in [0.25, 0.3) is 10.3 Å². The number of anilines is 1. The largest absolute Gasteiger partial charge is 0.400 e. The molecule has 3 rings (SSSR count). The molecule has 1 fully saturated rings. The summed E-state index contributed by atoms with van der Waals surface area (Å²) in [5.74, 6) is -0.0586. The smallest absolute Gasteiger partial charge is 0.311 e. The van der Waals surface area contributed by atoms with Gasteiger partial charge in [-0.3, -0.25) is 19.1 Å². The number of aldehydes is 1. The fourth-order valence-corrected chi connectivity index (χ4v) is 4.87. The quantitative estimate of drug-likeness (QED) is 0.635. The van der Waals surface area contributed by atoms with Crippen molar-refractivity contribution in [3.63, 3.8) is 0 Å². The number of hydrogen-bond donors (Lipinski definition) is 3. The van der Waals surface area contributed by atoms with E-state index in [-0.39, 0.29) is 38.3 Å². The van der Waals surface area contributed by atoms with Gasteiger partial charge in [0.1, 0.15) is 16.4 Å². The number of thiazole rings is 1. The number of rotatable bonds is 5. The van der Waals surface area contributed by atoms with Gasteiger partial charge in [0, 0.05) is 13.5 Å². The molecular formula is C14H20N4O5S2. The van der Waals surface area contributed by atoms with E-state index in [4.69, 9.17) is 15.6 Å². The maximum absolute atomic E-state index is 12.4. The molecule has 0 amide bonds. The second kappa shape index (κ2) is 8.61. The van der Waals surface area contributed by atoms with E-state index in [9.17, 15) is 14.4 Å². The highest BCUT2D eigenvalue weighted by Gasteiger charge is 2.38. The van der Waals surface area contributed by atoms with Crippen molar-refractivity contribution in [2.75, 3.05) is 12.8 Å². The molecule has 2 unspecified atom stereocenters. The van der Waals surface area contributed by atoms with Gasteiger partial charge in [-0.2, -0.15) is 4.98 Å². The van der Waals surface area contributed by atoms with Crippen molar-refractivity contribution >= 4 is 45.7 Å². The Kier molecular flexibility index (Phi) is 6.76. The zero-order valence-corrected chi connectivity index (χ0v) is 15.4. The Morgan fingerprint density at radius 1 is 1.44 bits per heavy atom. The number of ether oxygens (including phenoxy) is 1. The van der Waals surface area contributed by atoms with Crippen LogP contribution in [0.1, 0.15) is 32.4 Å². The molecule has 1 aliphatic heterocycles. The zero-order chi connectivity index (χ0) is 18.6. The standard InChI is InChI=1S/C13H16N4O4S2.CH4O/c1-2-3-7-21-11(6(22-7)4-5-18)17-9-8(23-13(17)20)10(19)16-12(14)15-9;1-2/h5-7,11H,2-4H2,1H3,(H3,14,15,16,19);2H,1H3/t6-,7?,11?;/m0./s1. The predicted octanol–water partition coefficient (Wildman–Crippen LogP) is 0.683. The summed E-state index contributed by atoms with van der Waals surface area (Å²) in [5, 5.41) is 6.81. The molecule has 9 nitrogen and oxygen atoms in total. The summed E-state index contributed by atoms with van der Waals surface area (Å²) in [7, 11) is 1.00. The molecular weight excluding hydrogens is 368 g/mol. The SMILES string of the molecule is CCCC1OC(n2c(=O)sc3c(=O)[nH]c(N)nc32)[C@H](CC=O)S1.CO. The number of carbonyl (C=O) groups is 1. The van der Waals surface area contributed by atoms with Crippen LogP contribution < -0.4 is 16.2 Å². The van der Waals surface area contributed by atoms with Crippen LogP contribution in [0.4, 0.5) is 5.95 Å². The van der Waals surface area contributed by atoms with Gasteiger partial charge in [-0.1, -0.05) is 24.7 Å². The number of nitrogen functional groups attached to an aromatic ring is 1. The zero-order valence-electron chi connectivity index (χ0n) is 13.8. The molecule has 3 atom stereocenters. The van der Waals surface area contributed by atoms with Crippen LogP contribution >= 0.6 is 23.1 Å². The van der Waals surface area contributed by atoms with Gasteiger partial charge < -0.3 is 20.4 Å². The minimum atomic E-state index is -0.628. The number of fused-ring (bicyclic) bond motifs is 1. The Hall–Kier alpha value is -1.69. The lowest BCUT2D eigenvalue weighted by Gasteiger charge is -2.17. The van der Waals surface area contributed by atoms with Gasteiger partial charge in [-0.05, 0) is 6.42 Å². The highest BCUT2D eigenvalue weighted by atomic mass is 32.2. The first-order valence-corrected chi connectivity index (χ1v) is 9.41. The van der Waals surface area contributed by atoms with Crippen molar-refractivity contribution < 1.29 is 14.6 Å². The molecule has 1 aliphatic rings. The summed E-state index contributed by atoms with van der Waals surface area (Å²) in [4.78, 5) is 41.4. The molecule has 11 heteroatoms. The second-order valence-electron chi connectivity index (χ2n) is 5.16. The van der Waals surface area contributed by atoms with Gasteiger partial charge in [0.25, 0.3) is 5.56 Å². The Morgan fingerprint density at radius 2 is 2.16 bits per heavy atom. The van der Waals surface area contributed by atoms with Crippen molar-refractivity contribution in [3.8, 4) is 0 Å². The Labute approximate surface area is 151 Å². The van der Waals surface area contributed by atoms with E-state index in [1.807, 2.05) is 6.92 Å². The lowest BCUT2D eigenvalue weighted by Crippen LogP contribution is -2.27. The molecule has 0 bridgehead atoms. The summed E-state index contributed by atoms with van der Waals surface area (Å²) in [6.45, 7) is 2.04.